The van der Waals surface area contributed by atoms with E-state index in [0.717, 1.165) is 12.1 Å². The molecule has 6 heteroatoms. The number of nitrogens with one attached hydrogen (secondary N) is 2. The van der Waals surface area contributed by atoms with E-state index in [4.69, 9.17) is 4.74 Å². The summed E-state index contributed by atoms with van der Waals surface area (Å²) in [6, 6.07) is 2.04. The summed E-state index contributed by atoms with van der Waals surface area (Å²) >= 11 is 0. The van der Waals surface area contributed by atoms with Crippen molar-refractivity contribution in [1.29, 1.82) is 0 Å². The summed E-state index contributed by atoms with van der Waals surface area (Å²) in [6.45, 7) is 3.04. The number of amides is 1. The second kappa shape index (κ2) is 7.68. The van der Waals surface area contributed by atoms with Gasteiger partial charge in [-0.1, -0.05) is 0 Å². The van der Waals surface area contributed by atoms with E-state index < -0.39 is 17.5 Å². The van der Waals surface area contributed by atoms with Crippen molar-refractivity contribution in [3.63, 3.8) is 0 Å². The molecule has 1 rings (SSSR count). The summed E-state index contributed by atoms with van der Waals surface area (Å²) < 4.78 is 32.0. The highest BCUT2D eigenvalue weighted by molar-refractivity contribution is 5.94. The second-order valence-electron chi connectivity index (χ2n) is 3.95. The second-order valence-corrected chi connectivity index (χ2v) is 3.95. The SMILES string of the molecule is CCNc1c(F)cc(C(=O)NCCCOC)cc1F. The lowest BCUT2D eigenvalue weighted by Crippen LogP contribution is -2.25. The van der Waals surface area contributed by atoms with Crippen LogP contribution in [0.5, 0.6) is 0 Å². The van der Waals surface area contributed by atoms with Crippen LogP contribution >= 0.6 is 0 Å². The smallest absolute Gasteiger partial charge is 0.251 e. The first kappa shape index (κ1) is 15.4. The zero-order valence-electron chi connectivity index (χ0n) is 11.1. The van der Waals surface area contributed by atoms with Gasteiger partial charge in [-0.15, -0.1) is 0 Å². The summed E-state index contributed by atoms with van der Waals surface area (Å²) in [5.74, 6) is -2.05. The minimum Gasteiger partial charge on any atom is -0.385 e. The van der Waals surface area contributed by atoms with Crippen LogP contribution in [0, 0.1) is 11.6 Å². The van der Waals surface area contributed by atoms with Crippen molar-refractivity contribution in [2.24, 2.45) is 0 Å². The molecule has 1 aromatic rings. The summed E-state index contributed by atoms with van der Waals surface area (Å²) in [7, 11) is 1.56. The number of carbonyl (C=O) groups excluding carboxylic acids is 1. The fourth-order valence-electron chi connectivity index (χ4n) is 1.57. The average Bonchev–Trinajstić information content (AvgIpc) is 2.38. The number of anilines is 1. The van der Waals surface area contributed by atoms with Gasteiger partial charge in [0.05, 0.1) is 0 Å². The van der Waals surface area contributed by atoms with Crippen LogP contribution in [-0.2, 0) is 4.74 Å². The van der Waals surface area contributed by atoms with Gasteiger partial charge in [0.1, 0.15) is 17.3 Å². The Labute approximate surface area is 111 Å². The molecule has 106 valence electrons. The molecule has 0 aliphatic heterocycles. The Bertz CT molecular complexity index is 416. The quantitative estimate of drug-likeness (QED) is 0.748. The topological polar surface area (TPSA) is 50.4 Å². The number of rotatable bonds is 7. The molecule has 0 saturated carbocycles. The highest BCUT2D eigenvalue weighted by atomic mass is 19.1. The average molecular weight is 272 g/mol. The van der Waals surface area contributed by atoms with Gasteiger partial charge in [-0.2, -0.15) is 0 Å². The molecular weight excluding hydrogens is 254 g/mol. The number of ether oxygens (including phenoxy) is 1. The van der Waals surface area contributed by atoms with Crippen LogP contribution in [-0.4, -0.2) is 32.7 Å². The van der Waals surface area contributed by atoms with E-state index in [0.29, 0.717) is 26.1 Å². The van der Waals surface area contributed by atoms with Gasteiger partial charge in [0, 0.05) is 32.4 Å². The van der Waals surface area contributed by atoms with Crippen molar-refractivity contribution in [3.8, 4) is 0 Å². The molecule has 0 heterocycles. The molecule has 4 nitrogen and oxygen atoms in total. The van der Waals surface area contributed by atoms with Crippen molar-refractivity contribution in [3.05, 3.63) is 29.3 Å². The number of hydrogen-bond donors (Lipinski definition) is 2. The minimum absolute atomic E-state index is 0.0333. The molecule has 0 aliphatic carbocycles. The lowest BCUT2D eigenvalue weighted by Gasteiger charge is -2.09. The zero-order valence-corrected chi connectivity index (χ0v) is 11.1. The van der Waals surface area contributed by atoms with E-state index in [-0.39, 0.29) is 11.3 Å². The molecule has 0 aromatic heterocycles. The molecule has 2 N–H and O–H groups in total. The predicted octanol–water partition coefficient (Wildman–Crippen LogP) is 2.16. The Kier molecular flexibility index (Phi) is 6.21. The van der Waals surface area contributed by atoms with Crippen LogP contribution in [0.4, 0.5) is 14.5 Å². The number of halogens is 2. The molecule has 0 fully saturated rings. The van der Waals surface area contributed by atoms with Crippen LogP contribution in [0.2, 0.25) is 0 Å². The van der Waals surface area contributed by atoms with Crippen LogP contribution < -0.4 is 10.6 Å². The molecule has 1 amide bonds. The number of hydrogen-bond acceptors (Lipinski definition) is 3. The van der Waals surface area contributed by atoms with Gasteiger partial charge in [-0.05, 0) is 25.5 Å². The Morgan fingerprint density at radius 2 is 1.95 bits per heavy atom. The maximum Gasteiger partial charge on any atom is 0.251 e. The standard InChI is InChI=1S/C13H18F2N2O2/c1-3-16-12-10(14)7-9(8-11(12)15)13(18)17-5-4-6-19-2/h7-8,16H,3-6H2,1-2H3,(H,17,18). The zero-order chi connectivity index (χ0) is 14.3. The van der Waals surface area contributed by atoms with Gasteiger partial charge < -0.3 is 15.4 Å². The maximum absolute atomic E-state index is 13.6. The fourth-order valence-corrected chi connectivity index (χ4v) is 1.57. The summed E-state index contributed by atoms with van der Waals surface area (Å²) in [4.78, 5) is 11.7. The maximum atomic E-state index is 13.6. The van der Waals surface area contributed by atoms with Gasteiger partial charge in [-0.3, -0.25) is 4.79 Å². The summed E-state index contributed by atoms with van der Waals surface area (Å²) in [6.07, 6.45) is 0.642. The fraction of sp³-hybridized carbons (Fsp3) is 0.462. The highest BCUT2D eigenvalue weighted by Crippen LogP contribution is 2.20. The third kappa shape index (κ3) is 4.48. The number of benzene rings is 1. The van der Waals surface area contributed by atoms with Crippen molar-refractivity contribution >= 4 is 11.6 Å². The lowest BCUT2D eigenvalue weighted by atomic mass is 10.1. The van der Waals surface area contributed by atoms with E-state index in [2.05, 4.69) is 10.6 Å². The normalized spacial score (nSPS) is 10.3. The predicted molar refractivity (Wildman–Crippen MR) is 69.3 cm³/mol. The minimum atomic E-state index is -0.774. The first-order chi connectivity index (χ1) is 9.10. The van der Waals surface area contributed by atoms with Crippen LogP contribution in [0.15, 0.2) is 12.1 Å². The molecule has 0 saturated heterocycles. The Balaban J connectivity index is 2.71. The molecule has 0 unspecified atom stereocenters. The molecule has 0 atom stereocenters. The number of carbonyl (C=O) groups is 1. The van der Waals surface area contributed by atoms with Crippen LogP contribution in [0.3, 0.4) is 0 Å². The first-order valence-electron chi connectivity index (χ1n) is 6.10. The highest BCUT2D eigenvalue weighted by Gasteiger charge is 2.14. The van der Waals surface area contributed by atoms with Crippen molar-refractivity contribution in [2.75, 3.05) is 32.1 Å². The molecular formula is C13H18F2N2O2. The molecule has 0 radical (unpaired) electrons. The number of methoxy groups -OCH3 is 1. The molecule has 0 aliphatic rings. The van der Waals surface area contributed by atoms with Crippen molar-refractivity contribution in [2.45, 2.75) is 13.3 Å². The third-order valence-corrected chi connectivity index (χ3v) is 2.47. The van der Waals surface area contributed by atoms with E-state index in [9.17, 15) is 13.6 Å². The van der Waals surface area contributed by atoms with Gasteiger partial charge in [-0.25, -0.2) is 8.78 Å². The van der Waals surface area contributed by atoms with Gasteiger partial charge >= 0.3 is 0 Å². The monoisotopic (exact) mass is 272 g/mol. The van der Waals surface area contributed by atoms with Gasteiger partial charge in [0.2, 0.25) is 0 Å². The molecule has 0 spiro atoms. The van der Waals surface area contributed by atoms with Crippen LogP contribution in [0.25, 0.3) is 0 Å². The van der Waals surface area contributed by atoms with Crippen molar-refractivity contribution < 1.29 is 18.3 Å². The van der Waals surface area contributed by atoms with Gasteiger partial charge in [0.15, 0.2) is 0 Å². The van der Waals surface area contributed by atoms with Crippen molar-refractivity contribution in [1.82, 2.24) is 5.32 Å². The third-order valence-electron chi connectivity index (χ3n) is 2.47. The van der Waals surface area contributed by atoms with E-state index >= 15 is 0 Å². The molecule has 0 bridgehead atoms. The van der Waals surface area contributed by atoms with E-state index in [1.807, 2.05) is 0 Å². The Morgan fingerprint density at radius 3 is 2.47 bits per heavy atom. The van der Waals surface area contributed by atoms with E-state index in [1.54, 1.807) is 14.0 Å². The van der Waals surface area contributed by atoms with Crippen LogP contribution in [0.1, 0.15) is 23.7 Å². The summed E-state index contributed by atoms with van der Waals surface area (Å²) in [5, 5.41) is 5.14. The Hall–Kier alpha value is -1.69. The largest absolute Gasteiger partial charge is 0.385 e. The van der Waals surface area contributed by atoms with Gasteiger partial charge in [0.25, 0.3) is 5.91 Å². The molecule has 1 aromatic carbocycles. The summed E-state index contributed by atoms with van der Waals surface area (Å²) in [5.41, 5.74) is -0.243. The Morgan fingerprint density at radius 1 is 1.32 bits per heavy atom. The lowest BCUT2D eigenvalue weighted by molar-refractivity contribution is 0.0947. The van der Waals surface area contributed by atoms with E-state index in [1.165, 1.54) is 0 Å². The molecule has 19 heavy (non-hydrogen) atoms. The first-order valence-corrected chi connectivity index (χ1v) is 6.10.